The Labute approximate surface area is 189 Å². The third kappa shape index (κ3) is 1.94. The summed E-state index contributed by atoms with van der Waals surface area (Å²) in [6.07, 6.45) is 0.513. The first-order valence-electron chi connectivity index (χ1n) is 12.2. The first-order valence-corrected chi connectivity index (χ1v) is 12.2. The number of hydrogen-bond acceptors (Lipinski definition) is 8. The van der Waals surface area contributed by atoms with Gasteiger partial charge in [0.15, 0.2) is 0 Å². The number of aliphatic hydroxyl groups is 3. The van der Waals surface area contributed by atoms with E-state index in [0.29, 0.717) is 39.0 Å². The molecule has 0 aromatic rings. The summed E-state index contributed by atoms with van der Waals surface area (Å²) in [5.74, 6) is -1.09. The number of likely N-dealkylation sites (N-methyl/N-ethyl adjacent to an activating group) is 1. The molecule has 32 heavy (non-hydrogen) atoms. The standard InChI is InChI=1S/C24H37NO7/c1-5-25-10-21(11-30-2)15(26)6-7-22-13-8-12-14(31-3)9-23(28,16(13)17(12)27)24(29,20(22)25)19(32-4)18(21)22/h12-16,18-20,26,28-29H,5-11H2,1-4H3/t12-,13-,14+,15-,16-,18-,19+,20+,21+,22-,23-,24-/m1/s1. The fraction of sp³-hybridized carbons (Fsp3) is 0.958. The zero-order chi connectivity index (χ0) is 22.8. The molecule has 0 aromatic heterocycles. The molecule has 12 atom stereocenters. The molecule has 8 heteroatoms. The predicted molar refractivity (Wildman–Crippen MR) is 113 cm³/mol. The topological polar surface area (TPSA) is 109 Å². The third-order valence-corrected chi connectivity index (χ3v) is 11.1. The summed E-state index contributed by atoms with van der Waals surface area (Å²) in [4.78, 5) is 15.9. The number of fused-ring (bicyclic) bond motifs is 2. The van der Waals surface area contributed by atoms with Crippen molar-refractivity contribution in [2.75, 3.05) is 41.0 Å². The quantitative estimate of drug-likeness (QED) is 0.529. The summed E-state index contributed by atoms with van der Waals surface area (Å²) in [7, 11) is 4.84. The van der Waals surface area contributed by atoms with Gasteiger partial charge in [0, 0.05) is 51.5 Å². The van der Waals surface area contributed by atoms with Crippen LogP contribution in [0.5, 0.6) is 0 Å². The van der Waals surface area contributed by atoms with Gasteiger partial charge in [0.25, 0.3) is 0 Å². The number of piperidine rings is 1. The van der Waals surface area contributed by atoms with Crippen LogP contribution in [-0.4, -0.2) is 103 Å². The van der Waals surface area contributed by atoms with Crippen LogP contribution in [0.25, 0.3) is 0 Å². The number of carbonyl (C=O) groups is 1. The van der Waals surface area contributed by atoms with E-state index in [1.54, 1.807) is 21.3 Å². The summed E-state index contributed by atoms with van der Waals surface area (Å²) in [6.45, 7) is 3.67. The molecule has 7 bridgehead atoms. The van der Waals surface area contributed by atoms with E-state index in [1.807, 2.05) is 0 Å². The second-order valence-electron chi connectivity index (χ2n) is 11.5. The Morgan fingerprint density at radius 2 is 1.94 bits per heavy atom. The van der Waals surface area contributed by atoms with Crippen molar-refractivity contribution in [3.8, 4) is 0 Å². The van der Waals surface area contributed by atoms with Gasteiger partial charge in [-0.05, 0) is 37.1 Å². The van der Waals surface area contributed by atoms with Gasteiger partial charge in [-0.1, -0.05) is 6.92 Å². The second kappa shape index (κ2) is 6.53. The lowest BCUT2D eigenvalue weighted by Gasteiger charge is -2.68. The predicted octanol–water partition coefficient (Wildman–Crippen LogP) is -0.175. The monoisotopic (exact) mass is 451 g/mol. The minimum absolute atomic E-state index is 0.0365. The molecular weight excluding hydrogens is 414 g/mol. The van der Waals surface area contributed by atoms with Crippen molar-refractivity contribution >= 4 is 5.78 Å². The molecule has 8 nitrogen and oxygen atoms in total. The highest BCUT2D eigenvalue weighted by atomic mass is 16.5. The molecule has 0 amide bonds. The molecule has 1 aliphatic heterocycles. The Bertz CT molecular complexity index is 839. The molecule has 0 aromatic carbocycles. The minimum Gasteiger partial charge on any atom is -0.392 e. The van der Waals surface area contributed by atoms with Gasteiger partial charge in [-0.15, -0.1) is 0 Å². The Morgan fingerprint density at radius 3 is 2.56 bits per heavy atom. The second-order valence-corrected chi connectivity index (χ2v) is 11.5. The highest BCUT2D eigenvalue weighted by Gasteiger charge is 2.90. The van der Waals surface area contributed by atoms with Crippen molar-refractivity contribution in [3.63, 3.8) is 0 Å². The van der Waals surface area contributed by atoms with E-state index in [4.69, 9.17) is 14.2 Å². The van der Waals surface area contributed by atoms with Crippen LogP contribution in [0.2, 0.25) is 0 Å². The maximum atomic E-state index is 13.7. The van der Waals surface area contributed by atoms with Gasteiger partial charge < -0.3 is 29.5 Å². The number of hydrogen-bond donors (Lipinski definition) is 3. The first kappa shape index (κ1) is 21.9. The van der Waals surface area contributed by atoms with E-state index in [9.17, 15) is 20.1 Å². The number of rotatable bonds is 5. The Morgan fingerprint density at radius 1 is 1.19 bits per heavy atom. The van der Waals surface area contributed by atoms with Gasteiger partial charge in [0.1, 0.15) is 17.0 Å². The van der Waals surface area contributed by atoms with Crippen molar-refractivity contribution in [1.82, 2.24) is 4.90 Å². The average Bonchev–Trinajstić information content (AvgIpc) is 3.13. The fourth-order valence-corrected chi connectivity index (χ4v) is 10.4. The van der Waals surface area contributed by atoms with E-state index < -0.39 is 46.3 Å². The summed E-state index contributed by atoms with van der Waals surface area (Å²) in [5, 5.41) is 36.6. The Hall–Kier alpha value is -0.610. The molecule has 0 radical (unpaired) electrons. The van der Waals surface area contributed by atoms with Crippen LogP contribution in [0.3, 0.4) is 0 Å². The van der Waals surface area contributed by atoms with Crippen LogP contribution in [-0.2, 0) is 19.0 Å². The van der Waals surface area contributed by atoms with Crippen LogP contribution < -0.4 is 0 Å². The Balaban J connectivity index is 1.66. The van der Waals surface area contributed by atoms with Gasteiger partial charge in [-0.3, -0.25) is 9.69 Å². The molecule has 6 aliphatic rings. The molecule has 3 N–H and O–H groups in total. The lowest BCUT2D eigenvalue weighted by molar-refractivity contribution is -0.290. The third-order valence-electron chi connectivity index (χ3n) is 11.1. The molecule has 1 spiro atoms. The summed E-state index contributed by atoms with van der Waals surface area (Å²) in [5.41, 5.74) is -4.31. The van der Waals surface area contributed by atoms with Crippen molar-refractivity contribution in [2.45, 2.75) is 68.2 Å². The first-order chi connectivity index (χ1) is 15.2. The number of ether oxygens (including phenoxy) is 3. The van der Waals surface area contributed by atoms with Crippen molar-refractivity contribution in [1.29, 1.82) is 0 Å². The highest BCUT2D eigenvalue weighted by Crippen LogP contribution is 2.79. The molecule has 5 saturated carbocycles. The maximum Gasteiger partial charge on any atom is 0.144 e. The minimum atomic E-state index is -1.63. The van der Waals surface area contributed by atoms with Gasteiger partial charge in [-0.2, -0.15) is 0 Å². The molecule has 1 heterocycles. The lowest BCUT2D eigenvalue weighted by Crippen LogP contribution is -2.80. The number of aliphatic hydroxyl groups excluding tert-OH is 1. The SMILES string of the molecule is CCN1C[C@]2(COC)[C@H](O)CC[C@@]34[C@@H]5C[C@H]6C(=O)[C@@H]5[C@](O)(C[C@@H]6OC)[C@@](O)([C@@H](OC)[C@H]23)[C@@H]14. The van der Waals surface area contributed by atoms with Crippen LogP contribution >= 0.6 is 0 Å². The zero-order valence-electron chi connectivity index (χ0n) is 19.5. The number of methoxy groups -OCH3 is 3. The van der Waals surface area contributed by atoms with E-state index in [-0.39, 0.29) is 36.0 Å². The summed E-state index contributed by atoms with van der Waals surface area (Å²) in [6, 6.07) is -0.333. The molecule has 180 valence electrons. The maximum absolute atomic E-state index is 13.7. The van der Waals surface area contributed by atoms with E-state index in [0.717, 1.165) is 0 Å². The number of likely N-dealkylation sites (tertiary alicyclic amines) is 1. The normalized spacial score (nSPS) is 60.2. The van der Waals surface area contributed by atoms with E-state index >= 15 is 0 Å². The van der Waals surface area contributed by atoms with Gasteiger partial charge >= 0.3 is 0 Å². The molecular formula is C24H37NO7. The largest absolute Gasteiger partial charge is 0.392 e. The molecule has 0 unspecified atom stereocenters. The summed E-state index contributed by atoms with van der Waals surface area (Å²) < 4.78 is 17.6. The van der Waals surface area contributed by atoms with Crippen molar-refractivity contribution in [2.24, 2.45) is 34.5 Å². The fourth-order valence-electron chi connectivity index (χ4n) is 10.4. The van der Waals surface area contributed by atoms with Crippen LogP contribution in [0, 0.1) is 34.5 Å². The number of Topliss-reactive ketones (excluding diaryl/α,β-unsaturated/α-hetero) is 1. The lowest BCUT2D eigenvalue weighted by atomic mass is 9.43. The molecule has 6 fully saturated rings. The van der Waals surface area contributed by atoms with Crippen LogP contribution in [0.1, 0.15) is 32.6 Å². The molecule has 5 aliphatic carbocycles. The number of nitrogens with zero attached hydrogens (tertiary/aromatic N) is 1. The Kier molecular flexibility index (Phi) is 4.47. The molecule has 1 saturated heterocycles. The highest BCUT2D eigenvalue weighted by molar-refractivity contribution is 5.90. The van der Waals surface area contributed by atoms with Crippen molar-refractivity contribution < 1.29 is 34.3 Å². The van der Waals surface area contributed by atoms with Gasteiger partial charge in [0.2, 0.25) is 0 Å². The number of ketones is 1. The van der Waals surface area contributed by atoms with Crippen LogP contribution in [0.15, 0.2) is 0 Å². The van der Waals surface area contributed by atoms with Crippen molar-refractivity contribution in [3.05, 3.63) is 0 Å². The van der Waals surface area contributed by atoms with E-state index in [1.165, 1.54) is 0 Å². The van der Waals surface area contributed by atoms with Gasteiger partial charge in [-0.25, -0.2) is 0 Å². The number of carbonyl (C=O) groups excluding carboxylic acids is 1. The van der Waals surface area contributed by atoms with E-state index in [2.05, 4.69) is 11.8 Å². The smallest absolute Gasteiger partial charge is 0.144 e. The average molecular weight is 452 g/mol. The molecule has 6 rings (SSSR count). The summed E-state index contributed by atoms with van der Waals surface area (Å²) >= 11 is 0. The van der Waals surface area contributed by atoms with Crippen LogP contribution in [0.4, 0.5) is 0 Å². The zero-order valence-corrected chi connectivity index (χ0v) is 19.5. The van der Waals surface area contributed by atoms with Gasteiger partial charge in [0.05, 0.1) is 36.9 Å².